The molecule has 112 valence electrons. The highest BCUT2D eigenvalue weighted by atomic mass is 35.7. The molecular formula is C11H12ClF2NO4S. The Balaban J connectivity index is 2.95. The number of halogens is 3. The van der Waals surface area contributed by atoms with E-state index >= 15 is 0 Å². The third-order valence-electron chi connectivity index (χ3n) is 2.53. The molecular weight excluding hydrogens is 316 g/mol. The van der Waals surface area contributed by atoms with Crippen LogP contribution in [0.4, 0.5) is 8.78 Å². The van der Waals surface area contributed by atoms with E-state index < -0.39 is 43.8 Å². The van der Waals surface area contributed by atoms with Crippen molar-refractivity contribution in [3.8, 4) is 5.75 Å². The summed E-state index contributed by atoms with van der Waals surface area (Å²) >= 11 is 0. The summed E-state index contributed by atoms with van der Waals surface area (Å²) in [4.78, 5) is 11.8. The molecule has 5 nitrogen and oxygen atoms in total. The summed E-state index contributed by atoms with van der Waals surface area (Å²) in [5, 5.41) is 0. The average molecular weight is 328 g/mol. The molecule has 0 aromatic heterocycles. The molecule has 0 saturated heterocycles. The van der Waals surface area contributed by atoms with E-state index in [-0.39, 0.29) is 0 Å². The van der Waals surface area contributed by atoms with Gasteiger partial charge in [-0.15, -0.1) is 0 Å². The van der Waals surface area contributed by atoms with Crippen LogP contribution in [0.2, 0.25) is 0 Å². The van der Waals surface area contributed by atoms with E-state index in [0.717, 1.165) is 12.1 Å². The number of benzene rings is 1. The molecule has 0 heterocycles. The van der Waals surface area contributed by atoms with Crippen molar-refractivity contribution in [2.75, 3.05) is 20.2 Å². The number of carbonyl (C=O) groups is 1. The predicted molar refractivity (Wildman–Crippen MR) is 68.2 cm³/mol. The van der Waals surface area contributed by atoms with Gasteiger partial charge in [0.15, 0.2) is 18.2 Å². The maximum absolute atomic E-state index is 13.6. The summed E-state index contributed by atoms with van der Waals surface area (Å²) in [6, 6.07) is 1.66. The number of nitrogens with zero attached hydrogens (tertiary/aromatic N) is 1. The van der Waals surface area contributed by atoms with Gasteiger partial charge in [-0.25, -0.2) is 12.8 Å². The largest absolute Gasteiger partial charge is 0.481 e. The average Bonchev–Trinajstić information content (AvgIpc) is 2.37. The molecule has 1 amide bonds. The lowest BCUT2D eigenvalue weighted by atomic mass is 10.3. The van der Waals surface area contributed by atoms with Crippen LogP contribution in [0.1, 0.15) is 6.92 Å². The van der Waals surface area contributed by atoms with Gasteiger partial charge in [0.05, 0.1) is 0 Å². The third kappa shape index (κ3) is 3.80. The first-order valence-electron chi connectivity index (χ1n) is 5.48. The van der Waals surface area contributed by atoms with E-state index in [1.54, 1.807) is 6.92 Å². The standard InChI is InChI=1S/C11H12ClF2NO4S/c1-3-15(2)9(16)6-19-7-4-5-8(20(12,17)18)11(14)10(7)13/h4-5H,3,6H2,1-2H3. The van der Waals surface area contributed by atoms with Gasteiger partial charge in [-0.2, -0.15) is 4.39 Å². The van der Waals surface area contributed by atoms with Gasteiger partial charge in [0.25, 0.3) is 15.0 Å². The first-order chi connectivity index (χ1) is 9.18. The van der Waals surface area contributed by atoms with Crippen molar-refractivity contribution in [2.24, 2.45) is 0 Å². The second kappa shape index (κ2) is 6.36. The van der Waals surface area contributed by atoms with Gasteiger partial charge in [0, 0.05) is 24.3 Å². The molecule has 0 radical (unpaired) electrons. The lowest BCUT2D eigenvalue weighted by molar-refractivity contribution is -0.131. The lowest BCUT2D eigenvalue weighted by Gasteiger charge is -2.15. The van der Waals surface area contributed by atoms with Crippen molar-refractivity contribution in [3.63, 3.8) is 0 Å². The van der Waals surface area contributed by atoms with E-state index in [1.165, 1.54) is 11.9 Å². The van der Waals surface area contributed by atoms with Crippen LogP contribution in [0, 0.1) is 11.6 Å². The highest BCUT2D eigenvalue weighted by molar-refractivity contribution is 8.13. The molecule has 0 bridgehead atoms. The molecule has 0 aliphatic heterocycles. The molecule has 1 aromatic rings. The van der Waals surface area contributed by atoms with E-state index in [2.05, 4.69) is 0 Å². The van der Waals surface area contributed by atoms with Gasteiger partial charge < -0.3 is 9.64 Å². The van der Waals surface area contributed by atoms with Crippen LogP contribution >= 0.6 is 10.7 Å². The van der Waals surface area contributed by atoms with E-state index in [0.29, 0.717) is 6.54 Å². The molecule has 9 heteroatoms. The Morgan fingerprint density at radius 2 is 1.95 bits per heavy atom. The highest BCUT2D eigenvalue weighted by Crippen LogP contribution is 2.27. The van der Waals surface area contributed by atoms with Crippen LogP contribution in [-0.2, 0) is 13.8 Å². The molecule has 0 spiro atoms. The van der Waals surface area contributed by atoms with Gasteiger partial charge in [0.1, 0.15) is 4.90 Å². The van der Waals surface area contributed by atoms with Crippen LogP contribution in [0.5, 0.6) is 5.75 Å². The number of likely N-dealkylation sites (N-methyl/N-ethyl adjacent to an activating group) is 1. The summed E-state index contributed by atoms with van der Waals surface area (Å²) < 4.78 is 53.8. The topological polar surface area (TPSA) is 63.7 Å². The quantitative estimate of drug-likeness (QED) is 0.773. The molecule has 1 rings (SSSR count). The summed E-state index contributed by atoms with van der Waals surface area (Å²) in [5.74, 6) is -4.15. The van der Waals surface area contributed by atoms with Crippen LogP contribution in [-0.4, -0.2) is 39.4 Å². The maximum Gasteiger partial charge on any atom is 0.264 e. The molecule has 0 N–H and O–H groups in total. The first kappa shape index (κ1) is 16.6. The van der Waals surface area contributed by atoms with Gasteiger partial charge in [-0.05, 0) is 19.1 Å². The van der Waals surface area contributed by atoms with Crippen molar-refractivity contribution in [1.29, 1.82) is 0 Å². The molecule has 0 aliphatic rings. The minimum atomic E-state index is -4.39. The van der Waals surface area contributed by atoms with Crippen molar-refractivity contribution in [1.82, 2.24) is 4.90 Å². The van der Waals surface area contributed by atoms with E-state index in [4.69, 9.17) is 15.4 Å². The zero-order valence-corrected chi connectivity index (χ0v) is 12.3. The molecule has 0 unspecified atom stereocenters. The number of amides is 1. The molecule has 1 aromatic carbocycles. The first-order valence-corrected chi connectivity index (χ1v) is 7.78. The molecule has 0 atom stereocenters. The zero-order chi connectivity index (χ0) is 15.5. The molecule has 0 aliphatic carbocycles. The zero-order valence-electron chi connectivity index (χ0n) is 10.7. The second-order valence-corrected chi connectivity index (χ2v) is 6.36. The van der Waals surface area contributed by atoms with E-state index in [9.17, 15) is 22.0 Å². The highest BCUT2D eigenvalue weighted by Gasteiger charge is 2.23. The lowest BCUT2D eigenvalue weighted by Crippen LogP contribution is -2.31. The van der Waals surface area contributed by atoms with Gasteiger partial charge >= 0.3 is 0 Å². The number of carbonyl (C=O) groups excluding carboxylic acids is 1. The molecule has 0 saturated carbocycles. The fourth-order valence-corrected chi connectivity index (χ4v) is 2.13. The minimum Gasteiger partial charge on any atom is -0.481 e. The monoisotopic (exact) mass is 327 g/mol. The van der Waals surface area contributed by atoms with Gasteiger partial charge in [0.2, 0.25) is 5.82 Å². The predicted octanol–water partition coefficient (Wildman–Crippen LogP) is 1.75. The van der Waals surface area contributed by atoms with Crippen molar-refractivity contribution >= 4 is 25.6 Å². The maximum atomic E-state index is 13.6. The normalized spacial score (nSPS) is 11.2. The minimum absolute atomic E-state index is 0.429. The Kier molecular flexibility index (Phi) is 5.29. The van der Waals surface area contributed by atoms with Crippen LogP contribution in [0.25, 0.3) is 0 Å². The smallest absolute Gasteiger partial charge is 0.264 e. The molecule has 0 fully saturated rings. The summed E-state index contributed by atoms with van der Waals surface area (Å²) in [7, 11) is 2.06. The molecule has 20 heavy (non-hydrogen) atoms. The van der Waals surface area contributed by atoms with Gasteiger partial charge in [-0.1, -0.05) is 0 Å². The number of hydrogen-bond acceptors (Lipinski definition) is 4. The van der Waals surface area contributed by atoms with Crippen LogP contribution in [0.15, 0.2) is 17.0 Å². The Morgan fingerprint density at radius 1 is 1.35 bits per heavy atom. The SMILES string of the molecule is CCN(C)C(=O)COc1ccc(S(=O)(=O)Cl)c(F)c1F. The third-order valence-corrected chi connectivity index (χ3v) is 3.86. The number of rotatable bonds is 5. The Bertz CT molecular complexity index is 621. The summed E-state index contributed by atoms with van der Waals surface area (Å²) in [6.07, 6.45) is 0. The van der Waals surface area contributed by atoms with Crippen molar-refractivity contribution in [3.05, 3.63) is 23.8 Å². The second-order valence-electron chi connectivity index (χ2n) is 3.82. The fourth-order valence-electron chi connectivity index (χ4n) is 1.24. The van der Waals surface area contributed by atoms with Gasteiger partial charge in [-0.3, -0.25) is 4.79 Å². The fraction of sp³-hybridized carbons (Fsp3) is 0.364. The summed E-state index contributed by atoms with van der Waals surface area (Å²) in [6.45, 7) is 1.68. The number of ether oxygens (including phenoxy) is 1. The van der Waals surface area contributed by atoms with Crippen LogP contribution in [0.3, 0.4) is 0 Å². The number of hydrogen-bond donors (Lipinski definition) is 0. The Hall–Kier alpha value is -1.41. The van der Waals surface area contributed by atoms with Crippen LogP contribution < -0.4 is 4.74 Å². The Morgan fingerprint density at radius 3 is 2.45 bits per heavy atom. The Labute approximate surface area is 119 Å². The van der Waals surface area contributed by atoms with Crippen molar-refractivity contribution in [2.45, 2.75) is 11.8 Å². The summed E-state index contributed by atoms with van der Waals surface area (Å²) in [5.41, 5.74) is 0. The van der Waals surface area contributed by atoms with Crippen molar-refractivity contribution < 1.29 is 26.7 Å². The van der Waals surface area contributed by atoms with E-state index in [1.807, 2.05) is 0 Å².